The number of benzene rings is 1. The predicted octanol–water partition coefficient (Wildman–Crippen LogP) is 5.64. The topological polar surface area (TPSA) is 34.4 Å². The van der Waals surface area contributed by atoms with Crippen molar-refractivity contribution >= 4 is 22.6 Å². The molecule has 26 heavy (non-hydrogen) atoms. The van der Waals surface area contributed by atoms with E-state index < -0.39 is 0 Å². The minimum absolute atomic E-state index is 0.321. The van der Waals surface area contributed by atoms with Crippen LogP contribution in [0.1, 0.15) is 59.4 Å². The standard InChI is InChI=1S/C22H26N2OS/c1-13-6-7-15(10-14(13)2)20-18(12-25)24-17-9-8-16(22(3,4)5)11-19(17)26-21(24)23-20/h6-7,10,12,16H,8-9,11H2,1-5H3. The molecule has 1 unspecified atom stereocenters. The Bertz CT molecular complexity index is 1000. The number of aldehydes is 1. The van der Waals surface area contributed by atoms with E-state index >= 15 is 0 Å². The van der Waals surface area contributed by atoms with Crippen molar-refractivity contribution < 1.29 is 4.79 Å². The molecule has 136 valence electrons. The van der Waals surface area contributed by atoms with Gasteiger partial charge in [0.25, 0.3) is 0 Å². The van der Waals surface area contributed by atoms with Crippen LogP contribution in [0.4, 0.5) is 0 Å². The fourth-order valence-electron chi connectivity index (χ4n) is 4.03. The number of hydrogen-bond donors (Lipinski definition) is 0. The molecule has 1 aromatic carbocycles. The smallest absolute Gasteiger partial charge is 0.195 e. The zero-order valence-corrected chi connectivity index (χ0v) is 17.0. The Hall–Kier alpha value is -1.94. The first kappa shape index (κ1) is 17.5. The number of hydrogen-bond acceptors (Lipinski definition) is 3. The SMILES string of the molecule is Cc1ccc(-c2nc3sc4c(n3c2C=O)CCC(C(C)(C)C)C4)cc1C. The van der Waals surface area contributed by atoms with Crippen molar-refractivity contribution in [3.8, 4) is 11.3 Å². The number of thiazole rings is 1. The van der Waals surface area contributed by atoms with Crippen LogP contribution in [0.2, 0.25) is 0 Å². The quantitative estimate of drug-likeness (QED) is 0.550. The summed E-state index contributed by atoms with van der Waals surface area (Å²) in [6, 6.07) is 6.32. The fourth-order valence-corrected chi connectivity index (χ4v) is 5.28. The minimum Gasteiger partial charge on any atom is -0.296 e. The van der Waals surface area contributed by atoms with Gasteiger partial charge in [0.05, 0.1) is 0 Å². The lowest BCUT2D eigenvalue weighted by molar-refractivity contribution is 0.111. The van der Waals surface area contributed by atoms with Crippen LogP contribution in [0.3, 0.4) is 0 Å². The van der Waals surface area contributed by atoms with Crippen molar-refractivity contribution in [2.75, 3.05) is 0 Å². The third-order valence-electron chi connectivity index (χ3n) is 5.97. The van der Waals surface area contributed by atoms with Crippen LogP contribution in [0.15, 0.2) is 18.2 Å². The Morgan fingerprint density at radius 3 is 2.65 bits per heavy atom. The minimum atomic E-state index is 0.321. The molecular formula is C22H26N2OS. The summed E-state index contributed by atoms with van der Waals surface area (Å²) in [5.74, 6) is 0.692. The van der Waals surface area contributed by atoms with E-state index in [0.29, 0.717) is 17.0 Å². The maximum Gasteiger partial charge on any atom is 0.195 e. The van der Waals surface area contributed by atoms with E-state index in [4.69, 9.17) is 4.98 Å². The van der Waals surface area contributed by atoms with Gasteiger partial charge in [-0.05, 0) is 61.6 Å². The second-order valence-corrected chi connectivity index (χ2v) is 9.72. The third kappa shape index (κ3) is 2.71. The zero-order chi connectivity index (χ0) is 18.6. The second-order valence-electron chi connectivity index (χ2n) is 8.66. The van der Waals surface area contributed by atoms with Crippen molar-refractivity contribution in [2.45, 2.75) is 53.9 Å². The molecule has 0 saturated heterocycles. The molecule has 0 bridgehead atoms. The van der Waals surface area contributed by atoms with Crippen LogP contribution >= 0.6 is 11.3 Å². The molecule has 4 rings (SSSR count). The number of fused-ring (bicyclic) bond motifs is 3. The summed E-state index contributed by atoms with van der Waals surface area (Å²) in [6.07, 6.45) is 4.29. The first-order valence-electron chi connectivity index (χ1n) is 9.35. The maximum absolute atomic E-state index is 12.0. The summed E-state index contributed by atoms with van der Waals surface area (Å²) in [4.78, 5) is 19.2. The molecule has 3 nitrogen and oxygen atoms in total. The normalized spacial score (nSPS) is 17.5. The van der Waals surface area contributed by atoms with E-state index in [9.17, 15) is 4.79 Å². The number of imidazole rings is 1. The molecule has 1 aliphatic rings. The van der Waals surface area contributed by atoms with Gasteiger partial charge in [-0.3, -0.25) is 9.20 Å². The Balaban J connectivity index is 1.83. The molecule has 0 saturated carbocycles. The first-order valence-corrected chi connectivity index (χ1v) is 10.2. The van der Waals surface area contributed by atoms with Crippen molar-refractivity contribution in [3.63, 3.8) is 0 Å². The van der Waals surface area contributed by atoms with Crippen LogP contribution in [0.25, 0.3) is 16.2 Å². The highest BCUT2D eigenvalue weighted by Gasteiger charge is 2.32. The monoisotopic (exact) mass is 366 g/mol. The van der Waals surface area contributed by atoms with Gasteiger partial charge < -0.3 is 0 Å². The number of aromatic nitrogens is 2. The fraction of sp³-hybridized carbons (Fsp3) is 0.455. The van der Waals surface area contributed by atoms with E-state index in [0.717, 1.165) is 35.3 Å². The van der Waals surface area contributed by atoms with Crippen molar-refractivity contribution in [3.05, 3.63) is 45.6 Å². The first-order chi connectivity index (χ1) is 12.3. The average Bonchev–Trinajstić information content (AvgIpc) is 3.11. The molecule has 0 radical (unpaired) electrons. The lowest BCUT2D eigenvalue weighted by Crippen LogP contribution is -2.26. The highest BCUT2D eigenvalue weighted by atomic mass is 32.1. The van der Waals surface area contributed by atoms with Gasteiger partial charge in [-0.2, -0.15) is 0 Å². The van der Waals surface area contributed by atoms with Crippen molar-refractivity contribution in [2.24, 2.45) is 11.3 Å². The molecule has 0 spiro atoms. The number of nitrogens with zero attached hydrogens (tertiary/aromatic N) is 2. The van der Waals surface area contributed by atoms with E-state index in [1.807, 2.05) is 0 Å². The lowest BCUT2D eigenvalue weighted by Gasteiger charge is -2.33. The van der Waals surface area contributed by atoms with Crippen LogP contribution in [0.5, 0.6) is 0 Å². The summed E-state index contributed by atoms with van der Waals surface area (Å²) >= 11 is 1.76. The summed E-state index contributed by atoms with van der Waals surface area (Å²) in [7, 11) is 0. The Morgan fingerprint density at radius 2 is 2.00 bits per heavy atom. The van der Waals surface area contributed by atoms with Gasteiger partial charge >= 0.3 is 0 Å². The summed E-state index contributed by atoms with van der Waals surface area (Å²) in [5, 5.41) is 0. The summed E-state index contributed by atoms with van der Waals surface area (Å²) in [6.45, 7) is 11.2. The molecule has 0 aliphatic heterocycles. The molecule has 1 atom stereocenters. The van der Waals surface area contributed by atoms with Crippen LogP contribution in [-0.2, 0) is 12.8 Å². The number of rotatable bonds is 2. The molecular weight excluding hydrogens is 340 g/mol. The van der Waals surface area contributed by atoms with Crippen molar-refractivity contribution in [1.29, 1.82) is 0 Å². The Labute approximate surface area is 159 Å². The van der Waals surface area contributed by atoms with E-state index in [-0.39, 0.29) is 0 Å². The van der Waals surface area contributed by atoms with E-state index in [2.05, 4.69) is 57.2 Å². The van der Waals surface area contributed by atoms with Crippen LogP contribution < -0.4 is 0 Å². The predicted molar refractivity (Wildman–Crippen MR) is 108 cm³/mol. The van der Waals surface area contributed by atoms with Gasteiger partial charge in [0, 0.05) is 16.1 Å². The van der Waals surface area contributed by atoms with Gasteiger partial charge in [0.2, 0.25) is 0 Å². The van der Waals surface area contributed by atoms with Gasteiger partial charge in [0.15, 0.2) is 11.2 Å². The van der Waals surface area contributed by atoms with Crippen LogP contribution in [0, 0.1) is 25.2 Å². The van der Waals surface area contributed by atoms with E-state index in [1.54, 1.807) is 11.3 Å². The molecule has 2 heterocycles. The molecule has 1 aliphatic carbocycles. The molecule has 0 amide bonds. The van der Waals surface area contributed by atoms with Crippen molar-refractivity contribution in [1.82, 2.24) is 9.38 Å². The van der Waals surface area contributed by atoms with E-state index in [1.165, 1.54) is 28.1 Å². The third-order valence-corrected chi connectivity index (χ3v) is 7.07. The number of carbonyl (C=O) groups is 1. The van der Waals surface area contributed by atoms with Gasteiger partial charge in [0.1, 0.15) is 11.4 Å². The molecule has 0 fully saturated rings. The molecule has 2 aromatic heterocycles. The molecule has 3 aromatic rings. The summed E-state index contributed by atoms with van der Waals surface area (Å²) < 4.78 is 2.12. The lowest BCUT2D eigenvalue weighted by atomic mass is 9.73. The highest BCUT2D eigenvalue weighted by molar-refractivity contribution is 7.17. The number of carbonyl (C=O) groups excluding carboxylic acids is 1. The largest absolute Gasteiger partial charge is 0.296 e. The van der Waals surface area contributed by atoms with Crippen LogP contribution in [-0.4, -0.2) is 15.7 Å². The van der Waals surface area contributed by atoms with Gasteiger partial charge in [-0.25, -0.2) is 4.98 Å². The highest BCUT2D eigenvalue weighted by Crippen LogP contribution is 2.41. The maximum atomic E-state index is 12.0. The molecule has 0 N–H and O–H groups in total. The van der Waals surface area contributed by atoms with Gasteiger partial charge in [-0.15, -0.1) is 11.3 Å². The molecule has 4 heteroatoms. The Kier molecular flexibility index (Phi) is 4.07. The van der Waals surface area contributed by atoms with Gasteiger partial charge in [-0.1, -0.05) is 32.9 Å². The Morgan fingerprint density at radius 1 is 1.23 bits per heavy atom. The zero-order valence-electron chi connectivity index (χ0n) is 16.2. The second kappa shape index (κ2) is 6.05. The number of aryl methyl sites for hydroxylation is 3. The average molecular weight is 367 g/mol. The summed E-state index contributed by atoms with van der Waals surface area (Å²) in [5.41, 5.74) is 6.66.